The van der Waals surface area contributed by atoms with E-state index in [2.05, 4.69) is 4.98 Å². The molecule has 0 amide bonds. The number of hydrogen-bond acceptors (Lipinski definition) is 5. The maximum Gasteiger partial charge on any atom is 0.417 e. The third kappa shape index (κ3) is 5.54. The maximum absolute atomic E-state index is 12.7. The van der Waals surface area contributed by atoms with Gasteiger partial charge in [-0.3, -0.25) is 0 Å². The predicted molar refractivity (Wildman–Crippen MR) is 115 cm³/mol. The van der Waals surface area contributed by atoms with E-state index in [9.17, 15) is 18.0 Å². The lowest BCUT2D eigenvalue weighted by Gasteiger charge is -2.22. The van der Waals surface area contributed by atoms with E-state index >= 15 is 0 Å². The Kier molecular flexibility index (Phi) is 6.39. The Morgan fingerprint density at radius 1 is 1.09 bits per heavy atom. The Bertz CT molecular complexity index is 1100. The van der Waals surface area contributed by atoms with Gasteiger partial charge in [-0.1, -0.05) is 36.4 Å². The van der Waals surface area contributed by atoms with E-state index < -0.39 is 24.3 Å². The molecule has 6 nitrogen and oxygen atoms in total. The number of alkyl halides is 3. The highest BCUT2D eigenvalue weighted by Crippen LogP contribution is 2.36. The number of aromatic nitrogens is 1. The van der Waals surface area contributed by atoms with Crippen molar-refractivity contribution >= 4 is 11.7 Å². The molecule has 4 rings (SSSR count). The molecule has 172 valence electrons. The molecule has 33 heavy (non-hydrogen) atoms. The third-order valence-electron chi connectivity index (χ3n) is 5.25. The van der Waals surface area contributed by atoms with E-state index in [0.29, 0.717) is 25.3 Å². The lowest BCUT2D eigenvalue weighted by molar-refractivity contribution is -0.139. The van der Waals surface area contributed by atoms with E-state index in [0.717, 1.165) is 29.1 Å². The highest BCUT2D eigenvalue weighted by atomic mass is 19.4. The lowest BCUT2D eigenvalue weighted by Crippen LogP contribution is -2.25. The van der Waals surface area contributed by atoms with E-state index in [4.69, 9.17) is 14.6 Å². The number of carbonyl (C=O) groups is 1. The van der Waals surface area contributed by atoms with Crippen LogP contribution in [0.25, 0.3) is 11.1 Å². The molecule has 1 aromatic heterocycles. The Hall–Kier alpha value is -3.75. The smallest absolute Gasteiger partial charge is 0.417 e. The van der Waals surface area contributed by atoms with Crippen LogP contribution in [-0.4, -0.2) is 41.9 Å². The van der Waals surface area contributed by atoms with Gasteiger partial charge in [0, 0.05) is 25.2 Å². The van der Waals surface area contributed by atoms with Crippen molar-refractivity contribution in [3.8, 4) is 22.8 Å². The number of anilines is 1. The first-order valence-corrected chi connectivity index (χ1v) is 10.3. The molecule has 0 saturated carbocycles. The van der Waals surface area contributed by atoms with Crippen molar-refractivity contribution in [2.24, 2.45) is 0 Å². The van der Waals surface area contributed by atoms with E-state index in [1.54, 1.807) is 6.07 Å². The number of carboxylic acid groups (broad SMARTS) is 1. The number of pyridine rings is 1. The molecule has 0 radical (unpaired) electrons. The largest absolute Gasteiger partial charge is 0.480 e. The molecule has 2 aromatic carbocycles. The van der Waals surface area contributed by atoms with Crippen molar-refractivity contribution in [3.05, 3.63) is 72.4 Å². The van der Waals surface area contributed by atoms with Crippen LogP contribution in [0.5, 0.6) is 11.6 Å². The summed E-state index contributed by atoms with van der Waals surface area (Å²) >= 11 is 0. The second kappa shape index (κ2) is 9.40. The Balaban J connectivity index is 1.49. The summed E-state index contributed by atoms with van der Waals surface area (Å²) in [4.78, 5) is 16.8. The van der Waals surface area contributed by atoms with E-state index in [-0.39, 0.29) is 12.0 Å². The molecule has 1 N–H and O–H groups in total. The zero-order chi connectivity index (χ0) is 23.4. The van der Waals surface area contributed by atoms with Gasteiger partial charge in [0.25, 0.3) is 0 Å². The molecule has 2 heterocycles. The average molecular weight is 458 g/mol. The van der Waals surface area contributed by atoms with Crippen LogP contribution in [0.2, 0.25) is 0 Å². The fourth-order valence-corrected chi connectivity index (χ4v) is 3.67. The van der Waals surface area contributed by atoms with Gasteiger partial charge < -0.3 is 19.5 Å². The second-order valence-corrected chi connectivity index (χ2v) is 7.59. The summed E-state index contributed by atoms with van der Waals surface area (Å²) in [5, 5.41) is 9.06. The van der Waals surface area contributed by atoms with E-state index in [1.807, 2.05) is 47.4 Å². The molecule has 1 atom stereocenters. The summed E-state index contributed by atoms with van der Waals surface area (Å²) in [6, 6.07) is 17.4. The van der Waals surface area contributed by atoms with Crippen molar-refractivity contribution < 1.29 is 32.5 Å². The fraction of sp³-hybridized carbons (Fsp3) is 0.250. The van der Waals surface area contributed by atoms with Crippen molar-refractivity contribution in [2.75, 3.05) is 24.6 Å². The van der Waals surface area contributed by atoms with Crippen LogP contribution in [0.3, 0.4) is 0 Å². The SMILES string of the molecule is O=C(O)COc1cc(-c2ccccc2)ccc1N1CCC(Oc2ccc(C(F)(F)F)cn2)C1. The minimum atomic E-state index is -4.45. The van der Waals surface area contributed by atoms with Crippen molar-refractivity contribution in [2.45, 2.75) is 18.7 Å². The highest BCUT2D eigenvalue weighted by molar-refractivity contribution is 5.73. The normalized spacial score (nSPS) is 16.0. The van der Waals surface area contributed by atoms with E-state index in [1.165, 1.54) is 6.07 Å². The van der Waals surface area contributed by atoms with Gasteiger partial charge in [0.1, 0.15) is 11.9 Å². The molecular weight excluding hydrogens is 437 g/mol. The molecule has 9 heteroatoms. The topological polar surface area (TPSA) is 71.9 Å². The van der Waals surface area contributed by atoms with Crippen LogP contribution in [0.1, 0.15) is 12.0 Å². The van der Waals surface area contributed by atoms with Gasteiger partial charge in [-0.25, -0.2) is 9.78 Å². The first kappa shape index (κ1) is 22.4. The summed E-state index contributed by atoms with van der Waals surface area (Å²) < 4.78 is 49.5. The molecule has 1 aliphatic heterocycles. The van der Waals surface area contributed by atoms with Crippen LogP contribution in [0, 0.1) is 0 Å². The summed E-state index contributed by atoms with van der Waals surface area (Å²) in [6.45, 7) is 0.588. The van der Waals surface area contributed by atoms with Crippen LogP contribution in [0.4, 0.5) is 18.9 Å². The predicted octanol–water partition coefficient (Wildman–Crippen LogP) is 4.89. The Labute approximate surface area is 188 Å². The molecule has 0 aliphatic carbocycles. The highest BCUT2D eigenvalue weighted by Gasteiger charge is 2.31. The van der Waals surface area contributed by atoms with Crippen LogP contribution in [0.15, 0.2) is 66.9 Å². The van der Waals surface area contributed by atoms with Crippen LogP contribution >= 0.6 is 0 Å². The molecule has 1 unspecified atom stereocenters. The zero-order valence-corrected chi connectivity index (χ0v) is 17.5. The van der Waals surface area contributed by atoms with Crippen LogP contribution in [-0.2, 0) is 11.0 Å². The average Bonchev–Trinajstić information content (AvgIpc) is 3.26. The monoisotopic (exact) mass is 458 g/mol. The van der Waals surface area contributed by atoms with Gasteiger partial charge in [0.2, 0.25) is 5.88 Å². The Morgan fingerprint density at radius 2 is 1.88 bits per heavy atom. The van der Waals surface area contributed by atoms with Gasteiger partial charge >= 0.3 is 12.1 Å². The first-order chi connectivity index (χ1) is 15.8. The van der Waals surface area contributed by atoms with Gasteiger partial charge in [0.05, 0.1) is 17.8 Å². The van der Waals surface area contributed by atoms with Crippen molar-refractivity contribution in [1.82, 2.24) is 4.98 Å². The fourth-order valence-electron chi connectivity index (χ4n) is 3.67. The summed E-state index contributed by atoms with van der Waals surface area (Å²) in [7, 11) is 0. The third-order valence-corrected chi connectivity index (χ3v) is 5.25. The second-order valence-electron chi connectivity index (χ2n) is 7.59. The number of aliphatic carboxylic acids is 1. The number of hydrogen-bond donors (Lipinski definition) is 1. The van der Waals surface area contributed by atoms with Crippen molar-refractivity contribution in [3.63, 3.8) is 0 Å². The first-order valence-electron chi connectivity index (χ1n) is 10.3. The van der Waals surface area contributed by atoms with Crippen molar-refractivity contribution in [1.29, 1.82) is 0 Å². The van der Waals surface area contributed by atoms with Crippen LogP contribution < -0.4 is 14.4 Å². The minimum Gasteiger partial charge on any atom is -0.480 e. The number of nitrogens with zero attached hydrogens (tertiary/aromatic N) is 2. The summed E-state index contributed by atoms with van der Waals surface area (Å²) in [5.41, 5.74) is 1.75. The number of halogens is 3. The van der Waals surface area contributed by atoms with Gasteiger partial charge in [-0.05, 0) is 29.3 Å². The number of ether oxygens (including phenoxy) is 2. The Morgan fingerprint density at radius 3 is 2.55 bits per heavy atom. The molecule has 0 bridgehead atoms. The summed E-state index contributed by atoms with van der Waals surface area (Å²) in [5.74, 6) is -0.522. The zero-order valence-electron chi connectivity index (χ0n) is 17.5. The minimum absolute atomic E-state index is 0.122. The molecular formula is C24H21F3N2O4. The molecule has 3 aromatic rings. The molecule has 1 saturated heterocycles. The van der Waals surface area contributed by atoms with Gasteiger partial charge in [-0.2, -0.15) is 13.2 Å². The molecule has 0 spiro atoms. The standard InChI is InChI=1S/C24H21F3N2O4/c25-24(26,27)18-7-9-22(28-13-18)33-19-10-11-29(14-19)20-8-6-17(16-4-2-1-3-5-16)12-21(20)32-15-23(30)31/h1-9,12-13,19H,10-11,14-15H2,(H,30,31). The number of benzene rings is 2. The van der Waals surface area contributed by atoms with Gasteiger partial charge in [-0.15, -0.1) is 0 Å². The number of carboxylic acids is 1. The molecule has 1 aliphatic rings. The maximum atomic E-state index is 12.7. The summed E-state index contributed by atoms with van der Waals surface area (Å²) in [6.07, 6.45) is -3.35. The van der Waals surface area contributed by atoms with Gasteiger partial charge in [0.15, 0.2) is 6.61 Å². The molecule has 1 fully saturated rings. The lowest BCUT2D eigenvalue weighted by atomic mass is 10.0. The quantitative estimate of drug-likeness (QED) is 0.544. The number of rotatable bonds is 7.